The smallest absolute Gasteiger partial charge is 0.258 e. The van der Waals surface area contributed by atoms with Gasteiger partial charge in [0.15, 0.2) is 11.5 Å². The number of halogens is 2. The van der Waals surface area contributed by atoms with E-state index in [0.29, 0.717) is 0 Å². The number of hydrazone groups is 1. The number of alkyl halides is 1. The van der Waals surface area contributed by atoms with Gasteiger partial charge in [-0.3, -0.25) is 4.79 Å². The van der Waals surface area contributed by atoms with Crippen LogP contribution in [0.2, 0.25) is 0 Å². The number of hydrogen-bond donors (Lipinski definition) is 5. The number of phenolic OH excluding ortho intramolecular Hbond substituents is 3. The summed E-state index contributed by atoms with van der Waals surface area (Å²) >= 11 is 5.37. The quantitative estimate of drug-likeness (QED) is 0.235. The molecule has 0 fully saturated rings. The number of amides is 1. The third-order valence-corrected chi connectivity index (χ3v) is 2.37. The average molecular weight is 310 g/mol. The Kier molecular flexibility index (Phi) is 6.99. The molecular formula is C10H13Cl2N3O4. The van der Waals surface area contributed by atoms with Crippen LogP contribution in [0.4, 0.5) is 0 Å². The molecule has 0 saturated carbocycles. The van der Waals surface area contributed by atoms with Crippen LogP contribution in [0.1, 0.15) is 5.56 Å². The molecule has 7 nitrogen and oxygen atoms in total. The first-order chi connectivity index (χ1) is 8.47. The number of nitrogens with two attached hydrogens (primary N) is 1. The number of nitrogens with one attached hydrogen (secondary N) is 1. The van der Waals surface area contributed by atoms with Crippen molar-refractivity contribution in [1.82, 2.24) is 5.43 Å². The number of phenols is 3. The number of carbonyl (C=O) groups is 1. The molecule has 0 aromatic heterocycles. The van der Waals surface area contributed by atoms with Crippen molar-refractivity contribution < 1.29 is 20.1 Å². The molecular weight excluding hydrogens is 297 g/mol. The summed E-state index contributed by atoms with van der Waals surface area (Å²) in [6.07, 6.45) is 1.09. The van der Waals surface area contributed by atoms with E-state index in [4.69, 9.17) is 22.4 Å². The maximum Gasteiger partial charge on any atom is 0.258 e. The van der Waals surface area contributed by atoms with E-state index in [-0.39, 0.29) is 23.9 Å². The maximum absolute atomic E-state index is 11.2. The molecule has 1 amide bonds. The van der Waals surface area contributed by atoms with E-state index in [1.807, 2.05) is 0 Å². The molecule has 0 saturated heterocycles. The van der Waals surface area contributed by atoms with Gasteiger partial charge in [0.2, 0.25) is 5.75 Å². The van der Waals surface area contributed by atoms with Crippen LogP contribution in [0.15, 0.2) is 17.2 Å². The summed E-state index contributed by atoms with van der Waals surface area (Å²) in [6, 6.07) is 1.59. The highest BCUT2D eigenvalue weighted by atomic mass is 35.5. The summed E-state index contributed by atoms with van der Waals surface area (Å²) in [7, 11) is 0. The van der Waals surface area contributed by atoms with Crippen molar-refractivity contribution in [3.05, 3.63) is 17.7 Å². The monoisotopic (exact) mass is 309 g/mol. The van der Waals surface area contributed by atoms with E-state index in [1.165, 1.54) is 12.1 Å². The van der Waals surface area contributed by atoms with E-state index >= 15 is 0 Å². The molecule has 0 aliphatic heterocycles. The molecule has 1 aromatic carbocycles. The Morgan fingerprint density at radius 2 is 2.05 bits per heavy atom. The highest BCUT2D eigenvalue weighted by Crippen LogP contribution is 2.36. The Hall–Kier alpha value is -1.70. The fourth-order valence-corrected chi connectivity index (χ4v) is 1.15. The lowest BCUT2D eigenvalue weighted by Gasteiger charge is -2.05. The first-order valence-corrected chi connectivity index (χ1v) is 5.39. The first kappa shape index (κ1) is 17.3. The van der Waals surface area contributed by atoms with Crippen molar-refractivity contribution in [2.24, 2.45) is 10.8 Å². The summed E-state index contributed by atoms with van der Waals surface area (Å²) < 4.78 is 0. The summed E-state index contributed by atoms with van der Waals surface area (Å²) in [5.41, 5.74) is 7.55. The van der Waals surface area contributed by atoms with E-state index in [1.54, 1.807) is 0 Å². The molecule has 1 atom stereocenters. The number of hydrogen-bond acceptors (Lipinski definition) is 6. The zero-order valence-electron chi connectivity index (χ0n) is 9.58. The Morgan fingerprint density at radius 3 is 2.63 bits per heavy atom. The van der Waals surface area contributed by atoms with E-state index in [9.17, 15) is 15.0 Å². The number of benzene rings is 1. The Bertz CT molecular complexity index is 482. The van der Waals surface area contributed by atoms with Gasteiger partial charge in [-0.25, -0.2) is 5.43 Å². The van der Waals surface area contributed by atoms with E-state index in [0.717, 1.165) is 6.21 Å². The molecule has 6 N–H and O–H groups in total. The van der Waals surface area contributed by atoms with Gasteiger partial charge in [0.25, 0.3) is 5.91 Å². The molecule has 1 aromatic rings. The summed E-state index contributed by atoms with van der Waals surface area (Å²) in [5.74, 6) is -2.30. The molecule has 1 rings (SSSR count). The highest BCUT2D eigenvalue weighted by Gasteiger charge is 2.11. The van der Waals surface area contributed by atoms with Crippen LogP contribution < -0.4 is 11.2 Å². The zero-order valence-corrected chi connectivity index (χ0v) is 11.1. The lowest BCUT2D eigenvalue weighted by molar-refractivity contribution is -0.121. The molecule has 19 heavy (non-hydrogen) atoms. The molecule has 0 heterocycles. The third-order valence-electron chi connectivity index (χ3n) is 2.04. The van der Waals surface area contributed by atoms with Gasteiger partial charge in [0, 0.05) is 11.4 Å². The number of carbonyl (C=O) groups excluding carboxylic acids is 1. The number of nitrogens with zero attached hydrogens (tertiary/aromatic N) is 1. The first-order valence-electron chi connectivity index (χ1n) is 4.85. The second kappa shape index (κ2) is 7.67. The van der Waals surface area contributed by atoms with Gasteiger partial charge < -0.3 is 21.1 Å². The Labute approximate surface area is 120 Å². The molecule has 106 valence electrons. The van der Waals surface area contributed by atoms with Gasteiger partial charge in [-0.15, -0.1) is 24.0 Å². The van der Waals surface area contributed by atoms with Gasteiger partial charge in [-0.1, -0.05) is 0 Å². The predicted octanol–water partition coefficient (Wildman–Crippen LogP) is 0.241. The van der Waals surface area contributed by atoms with Crippen molar-refractivity contribution >= 4 is 36.1 Å². The van der Waals surface area contributed by atoms with Gasteiger partial charge in [0.05, 0.1) is 12.3 Å². The largest absolute Gasteiger partial charge is 0.504 e. The molecule has 0 aliphatic carbocycles. The SMILES string of the molecule is Cl.NC(CCl)C(=O)N/N=C/c1ccc(O)c(O)c1O. The van der Waals surface area contributed by atoms with Crippen LogP contribution in [0.5, 0.6) is 17.2 Å². The second-order valence-electron chi connectivity index (χ2n) is 3.37. The maximum atomic E-state index is 11.2. The summed E-state index contributed by atoms with van der Waals surface area (Å²) in [4.78, 5) is 11.2. The van der Waals surface area contributed by atoms with Crippen molar-refractivity contribution in [1.29, 1.82) is 0 Å². The van der Waals surface area contributed by atoms with Crippen LogP contribution in [-0.2, 0) is 4.79 Å². The van der Waals surface area contributed by atoms with Crippen molar-refractivity contribution in [3.63, 3.8) is 0 Å². The minimum Gasteiger partial charge on any atom is -0.504 e. The average Bonchev–Trinajstić information content (AvgIpc) is 2.37. The predicted molar refractivity (Wildman–Crippen MR) is 73.1 cm³/mol. The summed E-state index contributed by atoms with van der Waals surface area (Å²) in [5, 5.41) is 31.3. The second-order valence-corrected chi connectivity index (χ2v) is 3.67. The molecule has 0 bridgehead atoms. The highest BCUT2D eigenvalue weighted by molar-refractivity contribution is 6.19. The molecule has 0 aliphatic rings. The normalized spacial score (nSPS) is 11.9. The van der Waals surface area contributed by atoms with Crippen molar-refractivity contribution in [2.45, 2.75) is 6.04 Å². The van der Waals surface area contributed by atoms with E-state index in [2.05, 4.69) is 10.5 Å². The number of rotatable bonds is 4. The fraction of sp³-hybridized carbons (Fsp3) is 0.200. The fourth-order valence-electron chi connectivity index (χ4n) is 1.01. The lowest BCUT2D eigenvalue weighted by atomic mass is 10.2. The molecule has 1 unspecified atom stereocenters. The number of aromatic hydroxyl groups is 3. The van der Waals surface area contributed by atoms with Crippen LogP contribution in [0.3, 0.4) is 0 Å². The third kappa shape index (κ3) is 4.47. The summed E-state index contributed by atoms with van der Waals surface area (Å²) in [6.45, 7) is 0. The molecule has 0 radical (unpaired) electrons. The minimum atomic E-state index is -0.884. The lowest BCUT2D eigenvalue weighted by Crippen LogP contribution is -2.39. The van der Waals surface area contributed by atoms with Crippen molar-refractivity contribution in [2.75, 3.05) is 5.88 Å². The van der Waals surface area contributed by atoms with Crippen LogP contribution >= 0.6 is 24.0 Å². The van der Waals surface area contributed by atoms with Crippen LogP contribution in [-0.4, -0.2) is 39.4 Å². The standard InChI is InChI=1S/C10H12ClN3O4.ClH/c11-3-6(12)10(18)14-13-4-5-1-2-7(15)9(17)8(5)16;/h1-2,4,6,15-17H,3,12H2,(H,14,18);1H/b13-4+;. The van der Waals surface area contributed by atoms with Gasteiger partial charge in [-0.2, -0.15) is 5.10 Å². The van der Waals surface area contributed by atoms with Crippen LogP contribution in [0.25, 0.3) is 0 Å². The van der Waals surface area contributed by atoms with Gasteiger partial charge in [-0.05, 0) is 12.1 Å². The molecule has 0 spiro atoms. The van der Waals surface area contributed by atoms with Crippen LogP contribution in [0, 0.1) is 0 Å². The van der Waals surface area contributed by atoms with Crippen molar-refractivity contribution in [3.8, 4) is 17.2 Å². The minimum absolute atomic E-state index is 0. The zero-order chi connectivity index (χ0) is 13.7. The Balaban J connectivity index is 0.00000324. The van der Waals surface area contributed by atoms with Gasteiger partial charge >= 0.3 is 0 Å². The Morgan fingerprint density at radius 1 is 1.42 bits per heavy atom. The topological polar surface area (TPSA) is 128 Å². The van der Waals surface area contributed by atoms with Gasteiger partial charge in [0.1, 0.15) is 0 Å². The molecule has 9 heteroatoms. The van der Waals surface area contributed by atoms with E-state index < -0.39 is 29.2 Å².